The van der Waals surface area contributed by atoms with Gasteiger partial charge in [-0.25, -0.2) is 0 Å². The van der Waals surface area contributed by atoms with Crippen LogP contribution in [0.1, 0.15) is 52.4 Å². The van der Waals surface area contributed by atoms with Gasteiger partial charge in [-0.2, -0.15) is 8.42 Å². The number of rotatable bonds is 7. The molecular weight excluding hydrogens is 287 g/mol. The Morgan fingerprint density at radius 3 is 1.90 bits per heavy atom. The minimum atomic E-state index is -4.67. The molecule has 0 heterocycles. The Labute approximate surface area is 146 Å². The maximum Gasteiger partial charge on any atom is 1.00 e. The molecule has 0 aliphatic carbocycles. The first-order valence-electron chi connectivity index (χ1n) is 6.67. The third-order valence-electron chi connectivity index (χ3n) is 2.66. The number of aryl methyl sites for hydroxylation is 1. The van der Waals surface area contributed by atoms with Crippen LogP contribution < -0.4 is 29.6 Å². The molecule has 0 spiro atoms. The van der Waals surface area contributed by atoms with Gasteiger partial charge in [0.25, 0.3) is 0 Å². The van der Waals surface area contributed by atoms with Crippen molar-refractivity contribution in [1.29, 1.82) is 0 Å². The topological polar surface area (TPSA) is 74.6 Å². The van der Waals surface area contributed by atoms with Gasteiger partial charge in [0.15, 0.2) is 0 Å². The van der Waals surface area contributed by atoms with Crippen LogP contribution in [0.15, 0.2) is 30.3 Å². The molecule has 2 N–H and O–H groups in total. The fourth-order valence-corrected chi connectivity index (χ4v) is 1.75. The van der Waals surface area contributed by atoms with E-state index < -0.39 is 10.4 Å². The van der Waals surface area contributed by atoms with Gasteiger partial charge in [0.2, 0.25) is 0 Å². The summed E-state index contributed by atoms with van der Waals surface area (Å²) in [6, 6.07) is 10.8. The van der Waals surface area contributed by atoms with Crippen molar-refractivity contribution in [3.8, 4) is 0 Å². The quantitative estimate of drug-likeness (QED) is 0.448. The molecule has 0 aliphatic rings. The van der Waals surface area contributed by atoms with Gasteiger partial charge in [-0.1, -0.05) is 69.4 Å². The molecule has 112 valence electrons. The third-order valence-corrected chi connectivity index (χ3v) is 2.66. The molecule has 0 unspecified atom stereocenters. The van der Waals surface area contributed by atoms with E-state index in [0.717, 1.165) is 0 Å². The minimum absolute atomic E-state index is 0. The first-order chi connectivity index (χ1) is 8.93. The van der Waals surface area contributed by atoms with E-state index in [9.17, 15) is 0 Å². The summed E-state index contributed by atoms with van der Waals surface area (Å²) in [6.07, 6.45) is 9.60. The van der Waals surface area contributed by atoms with Crippen LogP contribution in [0, 0.1) is 0 Å². The Morgan fingerprint density at radius 2 is 1.40 bits per heavy atom. The maximum absolute atomic E-state index is 8.74. The second-order valence-electron chi connectivity index (χ2n) is 4.45. The standard InChI is InChI=1S/C14H22.Na.H2O4S.H/c1-2-3-4-5-6-8-11-14-12-9-7-10-13-14;;1-5(2,3)4;/h7,9-10,12-13H,2-6,8,11H2,1H3;;(H2,1,2,3,4);/q;+1;;-1. The van der Waals surface area contributed by atoms with Gasteiger partial charge in [-0.15, -0.1) is 0 Å². The van der Waals surface area contributed by atoms with E-state index in [-0.39, 0.29) is 31.0 Å². The van der Waals surface area contributed by atoms with Crippen molar-refractivity contribution in [3.05, 3.63) is 35.9 Å². The van der Waals surface area contributed by atoms with E-state index in [2.05, 4.69) is 37.3 Å². The summed E-state index contributed by atoms with van der Waals surface area (Å²) in [5, 5.41) is 0. The van der Waals surface area contributed by atoms with Gasteiger partial charge in [0.05, 0.1) is 0 Å². The fraction of sp³-hybridized carbons (Fsp3) is 0.571. The van der Waals surface area contributed by atoms with Gasteiger partial charge in [-0.3, -0.25) is 9.11 Å². The van der Waals surface area contributed by atoms with Crippen molar-refractivity contribution in [2.24, 2.45) is 0 Å². The van der Waals surface area contributed by atoms with Crippen LogP contribution >= 0.6 is 0 Å². The summed E-state index contributed by atoms with van der Waals surface area (Å²) in [4.78, 5) is 0. The Balaban J connectivity index is -0.000000405. The molecule has 20 heavy (non-hydrogen) atoms. The minimum Gasteiger partial charge on any atom is -1.00 e. The molecule has 1 aromatic rings. The SMILES string of the molecule is CCCCCCCCc1ccccc1.O=S(=O)(O)O.[H-].[Na+]. The van der Waals surface area contributed by atoms with Crippen LogP contribution in [0.25, 0.3) is 0 Å². The van der Waals surface area contributed by atoms with Crippen LogP contribution in [-0.2, 0) is 16.8 Å². The molecule has 0 fully saturated rings. The van der Waals surface area contributed by atoms with Gasteiger partial charge >= 0.3 is 40.0 Å². The van der Waals surface area contributed by atoms with Crippen LogP contribution in [0.3, 0.4) is 0 Å². The van der Waals surface area contributed by atoms with Crippen molar-refractivity contribution >= 4 is 10.4 Å². The molecule has 1 aromatic carbocycles. The van der Waals surface area contributed by atoms with E-state index in [1.54, 1.807) is 0 Å². The molecule has 0 bridgehead atoms. The predicted octanol–water partition coefficient (Wildman–Crippen LogP) is 1.05. The van der Waals surface area contributed by atoms with Crippen molar-refractivity contribution in [1.82, 2.24) is 0 Å². The molecule has 0 aliphatic heterocycles. The summed E-state index contributed by atoms with van der Waals surface area (Å²) in [7, 11) is -4.67. The molecule has 1 rings (SSSR count). The second-order valence-corrected chi connectivity index (χ2v) is 5.35. The number of benzene rings is 1. The smallest absolute Gasteiger partial charge is 1.00 e. The predicted molar refractivity (Wildman–Crippen MR) is 78.8 cm³/mol. The normalized spacial score (nSPS) is 10.2. The first kappa shape index (κ1) is 22.4. The van der Waals surface area contributed by atoms with E-state index in [1.807, 2.05) is 0 Å². The monoisotopic (exact) mass is 312 g/mol. The number of unbranched alkanes of at least 4 members (excludes halogenated alkanes) is 5. The Kier molecular flexibility index (Phi) is 15.7. The van der Waals surface area contributed by atoms with E-state index in [0.29, 0.717) is 0 Å². The third kappa shape index (κ3) is 20.4. The summed E-state index contributed by atoms with van der Waals surface area (Å²) in [5.74, 6) is 0. The second kappa shape index (κ2) is 14.0. The Morgan fingerprint density at radius 1 is 0.950 bits per heavy atom. The van der Waals surface area contributed by atoms with Gasteiger partial charge in [0.1, 0.15) is 0 Å². The summed E-state index contributed by atoms with van der Waals surface area (Å²) in [5.41, 5.74) is 1.49. The van der Waals surface area contributed by atoms with Gasteiger partial charge < -0.3 is 1.43 Å². The van der Waals surface area contributed by atoms with Crippen LogP contribution in [-0.4, -0.2) is 17.5 Å². The van der Waals surface area contributed by atoms with Crippen molar-refractivity contribution in [2.45, 2.75) is 51.9 Å². The van der Waals surface area contributed by atoms with Gasteiger partial charge in [0, 0.05) is 0 Å². The molecule has 4 nitrogen and oxygen atoms in total. The fourth-order valence-electron chi connectivity index (χ4n) is 1.75. The molecule has 0 saturated carbocycles. The van der Waals surface area contributed by atoms with Crippen molar-refractivity contribution < 1.29 is 48.5 Å². The van der Waals surface area contributed by atoms with Crippen molar-refractivity contribution in [3.63, 3.8) is 0 Å². The average molecular weight is 312 g/mol. The van der Waals surface area contributed by atoms with Crippen LogP contribution in [0.4, 0.5) is 0 Å². The molecule has 0 aromatic heterocycles. The zero-order valence-electron chi connectivity index (χ0n) is 13.5. The summed E-state index contributed by atoms with van der Waals surface area (Å²) in [6.45, 7) is 2.27. The van der Waals surface area contributed by atoms with E-state index >= 15 is 0 Å². The van der Waals surface area contributed by atoms with E-state index in [4.69, 9.17) is 17.5 Å². The number of hydrogen-bond acceptors (Lipinski definition) is 2. The molecule has 6 heteroatoms. The summed E-state index contributed by atoms with van der Waals surface area (Å²) < 4.78 is 31.6. The molecule has 0 amide bonds. The Hall–Kier alpha value is 0.0900. The average Bonchev–Trinajstić information content (AvgIpc) is 2.33. The molecular formula is C14H25NaO4S. The number of hydrogen-bond donors (Lipinski definition) is 2. The molecule has 0 radical (unpaired) electrons. The molecule has 0 atom stereocenters. The zero-order chi connectivity index (χ0) is 14.6. The zero-order valence-corrected chi connectivity index (χ0v) is 15.3. The Bertz CT molecular complexity index is 404. The molecule has 0 saturated heterocycles. The first-order valence-corrected chi connectivity index (χ1v) is 8.07. The van der Waals surface area contributed by atoms with E-state index in [1.165, 1.54) is 50.5 Å². The summed E-state index contributed by atoms with van der Waals surface area (Å²) >= 11 is 0. The van der Waals surface area contributed by atoms with Crippen LogP contribution in [0.2, 0.25) is 0 Å². The van der Waals surface area contributed by atoms with Crippen LogP contribution in [0.5, 0.6) is 0 Å². The maximum atomic E-state index is 8.74. The largest absolute Gasteiger partial charge is 1.00 e. The van der Waals surface area contributed by atoms with Gasteiger partial charge in [-0.05, 0) is 18.4 Å². The van der Waals surface area contributed by atoms with Crippen molar-refractivity contribution in [2.75, 3.05) is 0 Å².